The molecule has 0 bridgehead atoms. The zero-order valence-corrected chi connectivity index (χ0v) is 11.3. The average molecular weight is 262 g/mol. The molecule has 0 spiro atoms. The summed E-state index contributed by atoms with van der Waals surface area (Å²) in [7, 11) is 3.41. The van der Waals surface area contributed by atoms with Crippen LogP contribution in [0.1, 0.15) is 16.6 Å². The number of Topliss-reactive ketones (excluding diaryl/α,β-unsaturated/α-hetero) is 1. The molecule has 0 unspecified atom stereocenters. The lowest BCUT2D eigenvalue weighted by atomic mass is 10.1. The van der Waals surface area contributed by atoms with E-state index in [0.29, 0.717) is 10.6 Å². The molecule has 1 N–H and O–H groups in total. The van der Waals surface area contributed by atoms with E-state index in [2.05, 4.69) is 10.3 Å². The molecular weight excluding hydrogens is 248 g/mol. The highest BCUT2D eigenvalue weighted by Crippen LogP contribution is 2.32. The molecule has 0 amide bonds. The Kier molecular flexibility index (Phi) is 3.62. The molecule has 1 aromatic heterocycles. The van der Waals surface area contributed by atoms with Gasteiger partial charge < -0.3 is 10.1 Å². The normalized spacial score (nSPS) is 10.2. The predicted octanol–water partition coefficient (Wildman–Crippen LogP) is 3.06. The maximum absolute atomic E-state index is 11.6. The van der Waals surface area contributed by atoms with Crippen LogP contribution in [0.5, 0.6) is 5.75 Å². The van der Waals surface area contributed by atoms with Gasteiger partial charge in [-0.1, -0.05) is 23.5 Å². The second-order valence-electron chi connectivity index (χ2n) is 3.73. The maximum Gasteiger partial charge on any atom is 0.183 e. The van der Waals surface area contributed by atoms with Crippen molar-refractivity contribution >= 4 is 22.3 Å². The molecule has 2 aromatic rings. The monoisotopic (exact) mass is 262 g/mol. The van der Waals surface area contributed by atoms with Crippen molar-refractivity contribution in [3.05, 3.63) is 29.1 Å². The van der Waals surface area contributed by atoms with Crippen LogP contribution in [0.25, 0.3) is 11.3 Å². The number of nitrogens with one attached hydrogen (secondary N) is 1. The van der Waals surface area contributed by atoms with Gasteiger partial charge in [-0.25, -0.2) is 4.98 Å². The van der Waals surface area contributed by atoms with Gasteiger partial charge in [-0.05, 0) is 12.1 Å². The minimum absolute atomic E-state index is 0.0202. The van der Waals surface area contributed by atoms with Gasteiger partial charge in [-0.2, -0.15) is 0 Å². The minimum atomic E-state index is 0.0202. The molecule has 0 aliphatic heterocycles. The fourth-order valence-electron chi connectivity index (χ4n) is 1.63. The molecule has 2 rings (SSSR count). The van der Waals surface area contributed by atoms with E-state index in [1.807, 2.05) is 24.3 Å². The van der Waals surface area contributed by atoms with Crippen LogP contribution < -0.4 is 10.1 Å². The molecule has 0 atom stereocenters. The predicted molar refractivity (Wildman–Crippen MR) is 73.7 cm³/mol. The Bertz CT molecular complexity index is 578. The Hall–Kier alpha value is -1.88. The van der Waals surface area contributed by atoms with E-state index in [1.54, 1.807) is 21.1 Å². The van der Waals surface area contributed by atoms with Gasteiger partial charge in [-0.3, -0.25) is 4.79 Å². The molecule has 0 saturated heterocycles. The second kappa shape index (κ2) is 5.18. The summed E-state index contributed by atoms with van der Waals surface area (Å²) in [6, 6.07) is 7.54. The van der Waals surface area contributed by atoms with Gasteiger partial charge in [0.25, 0.3) is 0 Å². The minimum Gasteiger partial charge on any atom is -0.497 e. The van der Waals surface area contributed by atoms with Gasteiger partial charge in [0.15, 0.2) is 10.9 Å². The molecule has 1 aromatic carbocycles. The van der Waals surface area contributed by atoms with Crippen LogP contribution in [-0.2, 0) is 0 Å². The first kappa shape index (κ1) is 12.6. The van der Waals surface area contributed by atoms with Crippen LogP contribution >= 0.6 is 11.3 Å². The molecule has 0 saturated carbocycles. The molecule has 0 fully saturated rings. The molecule has 18 heavy (non-hydrogen) atoms. The number of nitrogens with zero attached hydrogens (tertiary/aromatic N) is 1. The Morgan fingerprint density at radius 3 is 2.83 bits per heavy atom. The number of rotatable bonds is 4. The summed E-state index contributed by atoms with van der Waals surface area (Å²) < 4.78 is 5.18. The van der Waals surface area contributed by atoms with Gasteiger partial charge in [0.05, 0.1) is 17.7 Å². The highest BCUT2D eigenvalue weighted by atomic mass is 32.1. The van der Waals surface area contributed by atoms with Gasteiger partial charge >= 0.3 is 0 Å². The smallest absolute Gasteiger partial charge is 0.183 e. The number of carbonyl (C=O) groups excluding carboxylic acids is 1. The van der Waals surface area contributed by atoms with E-state index in [4.69, 9.17) is 4.74 Å². The van der Waals surface area contributed by atoms with Crippen molar-refractivity contribution in [3.63, 3.8) is 0 Å². The Morgan fingerprint density at radius 1 is 1.44 bits per heavy atom. The summed E-state index contributed by atoms with van der Waals surface area (Å²) in [5.41, 5.74) is 1.59. The van der Waals surface area contributed by atoms with Crippen LogP contribution in [0.2, 0.25) is 0 Å². The third-order valence-electron chi connectivity index (χ3n) is 2.50. The summed E-state index contributed by atoms with van der Waals surface area (Å²) >= 11 is 1.36. The zero-order chi connectivity index (χ0) is 13.1. The van der Waals surface area contributed by atoms with Gasteiger partial charge in [0.2, 0.25) is 0 Å². The molecular formula is C13H14N2O2S. The largest absolute Gasteiger partial charge is 0.497 e. The van der Waals surface area contributed by atoms with Gasteiger partial charge in [-0.15, -0.1) is 0 Å². The molecule has 0 radical (unpaired) electrons. The van der Waals surface area contributed by atoms with Crippen molar-refractivity contribution < 1.29 is 9.53 Å². The van der Waals surface area contributed by atoms with Gasteiger partial charge in [0.1, 0.15) is 5.75 Å². The van der Waals surface area contributed by atoms with Crippen LogP contribution in [0.15, 0.2) is 24.3 Å². The van der Waals surface area contributed by atoms with Crippen LogP contribution in [0, 0.1) is 0 Å². The summed E-state index contributed by atoms with van der Waals surface area (Å²) in [4.78, 5) is 16.7. The Labute approximate surface area is 110 Å². The van der Waals surface area contributed by atoms with Crippen molar-refractivity contribution in [2.75, 3.05) is 19.5 Å². The van der Waals surface area contributed by atoms with E-state index < -0.39 is 0 Å². The molecule has 0 aliphatic carbocycles. The number of benzene rings is 1. The molecule has 94 valence electrons. The van der Waals surface area contributed by atoms with Gasteiger partial charge in [0, 0.05) is 19.5 Å². The molecule has 4 nitrogen and oxygen atoms in total. The number of methoxy groups -OCH3 is 1. The Balaban J connectivity index is 2.54. The third-order valence-corrected chi connectivity index (χ3v) is 3.68. The van der Waals surface area contributed by atoms with Crippen molar-refractivity contribution in [2.24, 2.45) is 0 Å². The van der Waals surface area contributed by atoms with E-state index in [9.17, 15) is 4.79 Å². The molecule has 5 heteroatoms. The number of aromatic nitrogens is 1. The number of anilines is 1. The van der Waals surface area contributed by atoms with Crippen molar-refractivity contribution in [2.45, 2.75) is 6.92 Å². The average Bonchev–Trinajstić information content (AvgIpc) is 2.83. The van der Waals surface area contributed by atoms with E-state index in [-0.39, 0.29) is 5.78 Å². The fourth-order valence-corrected chi connectivity index (χ4v) is 2.47. The van der Waals surface area contributed by atoms with Crippen molar-refractivity contribution in [3.8, 4) is 17.0 Å². The van der Waals surface area contributed by atoms with E-state index in [0.717, 1.165) is 16.4 Å². The summed E-state index contributed by atoms with van der Waals surface area (Å²) in [5.74, 6) is 0.771. The zero-order valence-electron chi connectivity index (χ0n) is 10.5. The lowest BCUT2D eigenvalue weighted by molar-refractivity contribution is 0.102. The highest BCUT2D eigenvalue weighted by Gasteiger charge is 2.16. The SMILES string of the molecule is CNc1nc(-c2cccc(OC)c2)c(C(C)=O)s1. The topological polar surface area (TPSA) is 51.2 Å². The lowest BCUT2D eigenvalue weighted by Gasteiger charge is -2.03. The van der Waals surface area contributed by atoms with E-state index in [1.165, 1.54) is 11.3 Å². The van der Waals surface area contributed by atoms with Crippen molar-refractivity contribution in [1.82, 2.24) is 4.98 Å². The second-order valence-corrected chi connectivity index (χ2v) is 4.73. The highest BCUT2D eigenvalue weighted by molar-refractivity contribution is 7.18. The Morgan fingerprint density at radius 2 is 2.22 bits per heavy atom. The number of thiazole rings is 1. The summed E-state index contributed by atoms with van der Waals surface area (Å²) in [6.45, 7) is 1.55. The fraction of sp³-hybridized carbons (Fsp3) is 0.231. The van der Waals surface area contributed by atoms with Crippen LogP contribution in [0.4, 0.5) is 5.13 Å². The molecule has 0 aliphatic rings. The number of carbonyl (C=O) groups is 1. The van der Waals surface area contributed by atoms with E-state index >= 15 is 0 Å². The number of hydrogen-bond donors (Lipinski definition) is 1. The first-order chi connectivity index (χ1) is 8.65. The van der Waals surface area contributed by atoms with Crippen LogP contribution in [0.3, 0.4) is 0 Å². The first-order valence-electron chi connectivity index (χ1n) is 5.49. The number of ketones is 1. The number of ether oxygens (including phenoxy) is 1. The lowest BCUT2D eigenvalue weighted by Crippen LogP contribution is -1.92. The molecule has 1 heterocycles. The quantitative estimate of drug-likeness (QED) is 0.860. The number of hydrogen-bond acceptors (Lipinski definition) is 5. The van der Waals surface area contributed by atoms with Crippen molar-refractivity contribution in [1.29, 1.82) is 0 Å². The standard InChI is InChI=1S/C13H14N2O2S/c1-8(16)12-11(15-13(14-2)18-12)9-5-4-6-10(7-9)17-3/h4-7H,1-3H3,(H,14,15). The first-order valence-corrected chi connectivity index (χ1v) is 6.31. The summed E-state index contributed by atoms with van der Waals surface area (Å²) in [5, 5.41) is 3.70. The maximum atomic E-state index is 11.6. The summed E-state index contributed by atoms with van der Waals surface area (Å²) in [6.07, 6.45) is 0. The third kappa shape index (κ3) is 2.36. The van der Waals surface area contributed by atoms with Crippen LogP contribution in [-0.4, -0.2) is 24.9 Å².